The Balaban J connectivity index is 3.08. The molecule has 0 saturated carbocycles. The third-order valence-corrected chi connectivity index (χ3v) is 1.21. The number of carbonyl (C=O) groups excluding carboxylic acids is 2. The SMILES string of the molecule is COC(=O)CCOCCOC(C)=O. The topological polar surface area (TPSA) is 61.8 Å². The van der Waals surface area contributed by atoms with Gasteiger partial charge in [-0.05, 0) is 0 Å². The highest BCUT2D eigenvalue weighted by Gasteiger charge is 1.99. The second-order valence-electron chi connectivity index (χ2n) is 2.28. The van der Waals surface area contributed by atoms with E-state index in [2.05, 4.69) is 9.47 Å². The summed E-state index contributed by atoms with van der Waals surface area (Å²) in [7, 11) is 1.32. The average Bonchev–Trinajstić information content (AvgIpc) is 2.10. The summed E-state index contributed by atoms with van der Waals surface area (Å²) in [5, 5.41) is 0. The Bertz CT molecular complexity index is 166. The lowest BCUT2D eigenvalue weighted by Gasteiger charge is -2.03. The van der Waals surface area contributed by atoms with Crippen LogP contribution in [0.5, 0.6) is 0 Å². The number of hydrogen-bond donors (Lipinski definition) is 0. The Morgan fingerprint density at radius 3 is 2.38 bits per heavy atom. The molecule has 0 aromatic carbocycles. The van der Waals surface area contributed by atoms with E-state index < -0.39 is 0 Å². The maximum Gasteiger partial charge on any atom is 0.307 e. The van der Waals surface area contributed by atoms with Crippen LogP contribution >= 0.6 is 0 Å². The van der Waals surface area contributed by atoms with Gasteiger partial charge in [-0.25, -0.2) is 0 Å². The van der Waals surface area contributed by atoms with Crippen LogP contribution in [0.25, 0.3) is 0 Å². The largest absolute Gasteiger partial charge is 0.469 e. The van der Waals surface area contributed by atoms with Crippen molar-refractivity contribution < 1.29 is 23.8 Å². The minimum absolute atomic E-state index is 0.219. The number of methoxy groups -OCH3 is 1. The summed E-state index contributed by atoms with van der Waals surface area (Å²) in [6.45, 7) is 2.13. The molecule has 0 aromatic heterocycles. The Morgan fingerprint density at radius 1 is 1.15 bits per heavy atom. The Morgan fingerprint density at radius 2 is 1.85 bits per heavy atom. The quantitative estimate of drug-likeness (QED) is 0.440. The van der Waals surface area contributed by atoms with Crippen molar-refractivity contribution in [2.75, 3.05) is 26.9 Å². The maximum atomic E-state index is 10.6. The van der Waals surface area contributed by atoms with E-state index in [4.69, 9.17) is 4.74 Å². The molecular weight excluding hydrogens is 176 g/mol. The van der Waals surface area contributed by atoms with E-state index >= 15 is 0 Å². The average molecular weight is 190 g/mol. The number of ether oxygens (including phenoxy) is 3. The Hall–Kier alpha value is -1.10. The highest BCUT2D eigenvalue weighted by Crippen LogP contribution is 1.86. The van der Waals surface area contributed by atoms with Gasteiger partial charge in [-0.15, -0.1) is 0 Å². The first-order valence-corrected chi connectivity index (χ1v) is 3.94. The summed E-state index contributed by atoms with van der Waals surface area (Å²) < 4.78 is 14.0. The molecule has 13 heavy (non-hydrogen) atoms. The molecule has 0 rings (SSSR count). The van der Waals surface area contributed by atoms with E-state index in [1.54, 1.807) is 0 Å². The molecule has 0 amide bonds. The standard InChI is InChI=1S/C8H14O5/c1-7(9)13-6-5-12-4-3-8(10)11-2/h3-6H2,1-2H3. The minimum atomic E-state index is -0.337. The fourth-order valence-electron chi connectivity index (χ4n) is 0.604. The highest BCUT2D eigenvalue weighted by molar-refractivity contribution is 5.69. The van der Waals surface area contributed by atoms with Crippen LogP contribution in [0.1, 0.15) is 13.3 Å². The van der Waals surface area contributed by atoms with Gasteiger partial charge >= 0.3 is 11.9 Å². The first-order valence-electron chi connectivity index (χ1n) is 3.94. The van der Waals surface area contributed by atoms with Crippen LogP contribution in [-0.2, 0) is 23.8 Å². The molecule has 0 atom stereocenters. The Kier molecular flexibility index (Phi) is 6.91. The third kappa shape index (κ3) is 8.81. The second-order valence-corrected chi connectivity index (χ2v) is 2.28. The molecule has 76 valence electrons. The molecule has 0 spiro atoms. The van der Waals surface area contributed by atoms with E-state index in [1.807, 2.05) is 0 Å². The predicted molar refractivity (Wildman–Crippen MR) is 44.1 cm³/mol. The van der Waals surface area contributed by atoms with Crippen LogP contribution in [-0.4, -0.2) is 38.9 Å². The van der Waals surface area contributed by atoms with Gasteiger partial charge in [0.2, 0.25) is 0 Å². The molecule has 0 N–H and O–H groups in total. The molecule has 0 heterocycles. The number of hydrogen-bond acceptors (Lipinski definition) is 5. The van der Waals surface area contributed by atoms with Crippen molar-refractivity contribution >= 4 is 11.9 Å². The van der Waals surface area contributed by atoms with E-state index in [0.717, 1.165) is 0 Å². The van der Waals surface area contributed by atoms with Crippen LogP contribution in [0.3, 0.4) is 0 Å². The van der Waals surface area contributed by atoms with E-state index in [9.17, 15) is 9.59 Å². The molecule has 0 aliphatic rings. The van der Waals surface area contributed by atoms with Crippen LogP contribution in [0.2, 0.25) is 0 Å². The number of esters is 2. The summed E-state index contributed by atoms with van der Waals surface area (Å²) in [6, 6.07) is 0. The van der Waals surface area contributed by atoms with Crippen molar-refractivity contribution in [1.29, 1.82) is 0 Å². The van der Waals surface area contributed by atoms with E-state index in [1.165, 1.54) is 14.0 Å². The maximum absolute atomic E-state index is 10.6. The fraction of sp³-hybridized carbons (Fsp3) is 0.750. The van der Waals surface area contributed by atoms with Gasteiger partial charge in [-0.3, -0.25) is 9.59 Å². The summed E-state index contributed by atoms with van der Waals surface area (Å²) >= 11 is 0. The molecule has 0 unspecified atom stereocenters. The van der Waals surface area contributed by atoms with E-state index in [-0.39, 0.29) is 31.6 Å². The molecule has 5 nitrogen and oxygen atoms in total. The first-order chi connectivity index (χ1) is 6.16. The predicted octanol–water partition coefficient (Wildman–Crippen LogP) is 0.129. The molecular formula is C8H14O5. The fourth-order valence-corrected chi connectivity index (χ4v) is 0.604. The van der Waals surface area contributed by atoms with Gasteiger partial charge in [-0.1, -0.05) is 0 Å². The van der Waals surface area contributed by atoms with Crippen molar-refractivity contribution in [3.05, 3.63) is 0 Å². The van der Waals surface area contributed by atoms with Crippen molar-refractivity contribution in [3.8, 4) is 0 Å². The lowest BCUT2D eigenvalue weighted by molar-refractivity contribution is -0.145. The van der Waals surface area contributed by atoms with Crippen molar-refractivity contribution in [1.82, 2.24) is 0 Å². The van der Waals surface area contributed by atoms with Gasteiger partial charge in [0.25, 0.3) is 0 Å². The number of rotatable bonds is 6. The lowest BCUT2D eigenvalue weighted by atomic mass is 10.5. The van der Waals surface area contributed by atoms with Crippen LogP contribution < -0.4 is 0 Å². The van der Waals surface area contributed by atoms with Crippen molar-refractivity contribution in [2.24, 2.45) is 0 Å². The molecule has 0 aliphatic carbocycles. The molecule has 0 saturated heterocycles. The van der Waals surface area contributed by atoms with Crippen LogP contribution in [0.15, 0.2) is 0 Å². The van der Waals surface area contributed by atoms with Gasteiger partial charge in [-0.2, -0.15) is 0 Å². The van der Waals surface area contributed by atoms with Crippen LogP contribution in [0.4, 0.5) is 0 Å². The first kappa shape index (κ1) is 11.9. The van der Waals surface area contributed by atoms with Gasteiger partial charge in [0.05, 0.1) is 26.7 Å². The molecule has 0 radical (unpaired) electrons. The molecule has 0 aliphatic heterocycles. The lowest BCUT2D eigenvalue weighted by Crippen LogP contribution is -2.10. The Labute approximate surface area is 77.0 Å². The van der Waals surface area contributed by atoms with Crippen LogP contribution in [0, 0.1) is 0 Å². The smallest absolute Gasteiger partial charge is 0.307 e. The van der Waals surface area contributed by atoms with Gasteiger partial charge in [0.15, 0.2) is 0 Å². The summed E-state index contributed by atoms with van der Waals surface area (Å²) in [4.78, 5) is 20.8. The molecule has 0 bridgehead atoms. The summed E-state index contributed by atoms with van der Waals surface area (Å²) in [6.07, 6.45) is 0.219. The van der Waals surface area contributed by atoms with Gasteiger partial charge in [0.1, 0.15) is 6.61 Å². The molecule has 0 aromatic rings. The van der Waals surface area contributed by atoms with E-state index in [0.29, 0.717) is 6.61 Å². The monoisotopic (exact) mass is 190 g/mol. The zero-order chi connectivity index (χ0) is 10.1. The highest BCUT2D eigenvalue weighted by atomic mass is 16.6. The summed E-state index contributed by atoms with van der Waals surface area (Å²) in [5.74, 6) is -0.649. The zero-order valence-electron chi connectivity index (χ0n) is 7.87. The minimum Gasteiger partial charge on any atom is -0.469 e. The summed E-state index contributed by atoms with van der Waals surface area (Å²) in [5.41, 5.74) is 0. The number of carbonyl (C=O) groups is 2. The normalized spacial score (nSPS) is 9.38. The zero-order valence-corrected chi connectivity index (χ0v) is 7.87. The molecule has 0 fully saturated rings. The van der Waals surface area contributed by atoms with Gasteiger partial charge < -0.3 is 14.2 Å². The molecule has 5 heteroatoms. The second kappa shape index (κ2) is 7.54. The van der Waals surface area contributed by atoms with Crippen molar-refractivity contribution in [3.63, 3.8) is 0 Å². The van der Waals surface area contributed by atoms with Crippen molar-refractivity contribution in [2.45, 2.75) is 13.3 Å². The third-order valence-electron chi connectivity index (χ3n) is 1.21. The van der Waals surface area contributed by atoms with Gasteiger partial charge in [0, 0.05) is 6.92 Å².